The van der Waals surface area contributed by atoms with Gasteiger partial charge in [-0.1, -0.05) is 19.3 Å². The third-order valence-corrected chi connectivity index (χ3v) is 4.89. The Morgan fingerprint density at radius 1 is 1.21 bits per heavy atom. The molecule has 8 nitrogen and oxygen atoms in total. The molecule has 1 aromatic carbocycles. The van der Waals surface area contributed by atoms with Crippen LogP contribution in [0.2, 0.25) is 0 Å². The van der Waals surface area contributed by atoms with Crippen molar-refractivity contribution < 1.29 is 19.5 Å². The fourth-order valence-corrected chi connectivity index (χ4v) is 3.42. The highest BCUT2D eigenvalue weighted by molar-refractivity contribution is 6.04. The van der Waals surface area contributed by atoms with E-state index in [1.54, 1.807) is 13.0 Å². The summed E-state index contributed by atoms with van der Waals surface area (Å²) in [6, 6.07) is 4.82. The van der Waals surface area contributed by atoms with Gasteiger partial charge in [-0.15, -0.1) is 0 Å². The Morgan fingerprint density at radius 2 is 1.96 bits per heavy atom. The van der Waals surface area contributed by atoms with Crippen molar-refractivity contribution in [1.29, 1.82) is 0 Å². The Bertz CT molecular complexity index is 884. The highest BCUT2D eigenvalue weighted by Gasteiger charge is 2.17. The maximum absolute atomic E-state index is 12.4. The number of carboxylic acids is 1. The molecule has 0 saturated heterocycles. The number of nitrogens with zero attached hydrogens (tertiary/aromatic N) is 2. The van der Waals surface area contributed by atoms with E-state index in [4.69, 9.17) is 5.11 Å². The van der Waals surface area contributed by atoms with Crippen LogP contribution in [0, 0.1) is 6.92 Å². The number of hydrogen-bond donors (Lipinski definition) is 3. The average molecular weight is 384 g/mol. The lowest BCUT2D eigenvalue weighted by atomic mass is 9.95. The van der Waals surface area contributed by atoms with E-state index in [0.717, 1.165) is 25.7 Å². The van der Waals surface area contributed by atoms with Crippen molar-refractivity contribution in [2.45, 2.75) is 51.6 Å². The fourth-order valence-electron chi connectivity index (χ4n) is 3.42. The molecule has 0 radical (unpaired) electrons. The molecule has 0 spiro atoms. The van der Waals surface area contributed by atoms with Crippen molar-refractivity contribution in [2.24, 2.45) is 0 Å². The van der Waals surface area contributed by atoms with Crippen LogP contribution in [0.4, 0.5) is 5.69 Å². The molecule has 1 saturated carbocycles. The quantitative estimate of drug-likeness (QED) is 0.708. The van der Waals surface area contributed by atoms with Crippen molar-refractivity contribution in [3.8, 4) is 0 Å². The maximum atomic E-state index is 12.4. The smallest absolute Gasteiger partial charge is 0.335 e. The Morgan fingerprint density at radius 3 is 2.64 bits per heavy atom. The molecule has 0 atom stereocenters. The number of carbonyl (C=O) groups is 3. The lowest BCUT2D eigenvalue weighted by Crippen LogP contribution is -2.38. The number of nitrogens with one attached hydrogen (secondary N) is 2. The van der Waals surface area contributed by atoms with Crippen LogP contribution in [0.3, 0.4) is 0 Å². The van der Waals surface area contributed by atoms with E-state index in [9.17, 15) is 14.4 Å². The molecule has 0 unspecified atom stereocenters. The number of carboxylic acid groups (broad SMARTS) is 1. The molecule has 3 N–H and O–H groups in total. The lowest BCUT2D eigenvalue weighted by molar-refractivity contribution is -0.122. The minimum absolute atomic E-state index is 0.0657. The monoisotopic (exact) mass is 384 g/mol. The van der Waals surface area contributed by atoms with Gasteiger partial charge < -0.3 is 15.7 Å². The fraction of sp³-hybridized carbons (Fsp3) is 0.400. The van der Waals surface area contributed by atoms with Crippen LogP contribution in [0.5, 0.6) is 0 Å². The molecular weight excluding hydrogens is 360 g/mol. The van der Waals surface area contributed by atoms with Crippen molar-refractivity contribution >= 4 is 23.5 Å². The van der Waals surface area contributed by atoms with Crippen LogP contribution in [0.25, 0.3) is 0 Å². The highest BCUT2D eigenvalue weighted by atomic mass is 16.4. The predicted molar refractivity (Wildman–Crippen MR) is 103 cm³/mol. The van der Waals surface area contributed by atoms with Crippen molar-refractivity contribution in [3.63, 3.8) is 0 Å². The highest BCUT2D eigenvalue weighted by Crippen LogP contribution is 2.18. The molecule has 1 aliphatic carbocycles. The first kappa shape index (κ1) is 19.6. The van der Waals surface area contributed by atoms with Crippen molar-refractivity contribution in [1.82, 2.24) is 15.1 Å². The Labute approximate surface area is 162 Å². The van der Waals surface area contributed by atoms with E-state index in [0.29, 0.717) is 16.8 Å². The van der Waals surface area contributed by atoms with Gasteiger partial charge in [-0.25, -0.2) is 4.79 Å². The van der Waals surface area contributed by atoms with Gasteiger partial charge in [-0.05, 0) is 43.5 Å². The lowest BCUT2D eigenvalue weighted by Gasteiger charge is -2.22. The molecule has 0 aliphatic heterocycles. The first-order valence-electron chi connectivity index (χ1n) is 9.39. The number of benzene rings is 1. The standard InChI is InChI=1S/C20H24N4O4/c1-13-9-16(7-8-17(13)20(27)28)23-19(26)14-10-21-24(11-14)12-18(25)22-15-5-3-2-4-6-15/h7-11,15H,2-6,12H2,1H3,(H,22,25)(H,23,26)(H,27,28). The van der Waals surface area contributed by atoms with Gasteiger partial charge in [-0.3, -0.25) is 14.3 Å². The maximum Gasteiger partial charge on any atom is 0.335 e. The van der Waals surface area contributed by atoms with Gasteiger partial charge in [0.15, 0.2) is 0 Å². The van der Waals surface area contributed by atoms with Crippen molar-refractivity contribution in [3.05, 3.63) is 47.3 Å². The van der Waals surface area contributed by atoms with E-state index in [-0.39, 0.29) is 30.0 Å². The molecule has 1 aromatic heterocycles. The zero-order valence-corrected chi connectivity index (χ0v) is 15.8. The van der Waals surface area contributed by atoms with E-state index in [2.05, 4.69) is 15.7 Å². The second-order valence-electron chi connectivity index (χ2n) is 7.12. The Balaban J connectivity index is 1.57. The minimum Gasteiger partial charge on any atom is -0.478 e. The number of aryl methyl sites for hydroxylation is 1. The number of aromatic carboxylic acids is 1. The molecule has 3 rings (SSSR count). The van der Waals surface area contributed by atoms with Crippen LogP contribution in [0.1, 0.15) is 58.4 Å². The molecule has 8 heteroatoms. The summed E-state index contributed by atoms with van der Waals surface area (Å²) in [4.78, 5) is 35.6. The first-order chi connectivity index (χ1) is 13.4. The molecule has 148 valence electrons. The topological polar surface area (TPSA) is 113 Å². The van der Waals surface area contributed by atoms with Gasteiger partial charge in [-0.2, -0.15) is 5.10 Å². The molecule has 2 aromatic rings. The molecule has 1 fully saturated rings. The summed E-state index contributed by atoms with van der Waals surface area (Å²) >= 11 is 0. The van der Waals surface area contributed by atoms with E-state index in [1.165, 1.54) is 35.6 Å². The largest absolute Gasteiger partial charge is 0.478 e. The van der Waals surface area contributed by atoms with Crippen LogP contribution in [-0.4, -0.2) is 38.7 Å². The third-order valence-electron chi connectivity index (χ3n) is 4.89. The molecule has 1 heterocycles. The summed E-state index contributed by atoms with van der Waals surface area (Å²) in [7, 11) is 0. The number of rotatable bonds is 6. The van der Waals surface area contributed by atoms with E-state index >= 15 is 0 Å². The van der Waals surface area contributed by atoms with Crippen molar-refractivity contribution in [2.75, 3.05) is 5.32 Å². The summed E-state index contributed by atoms with van der Waals surface area (Å²) in [6.07, 6.45) is 8.46. The van der Waals surface area contributed by atoms with Gasteiger partial charge in [0, 0.05) is 17.9 Å². The Kier molecular flexibility index (Phi) is 6.08. The second kappa shape index (κ2) is 8.69. The van der Waals surface area contributed by atoms with Crippen LogP contribution in [-0.2, 0) is 11.3 Å². The number of carbonyl (C=O) groups excluding carboxylic acids is 2. The zero-order valence-electron chi connectivity index (χ0n) is 15.8. The second-order valence-corrected chi connectivity index (χ2v) is 7.12. The summed E-state index contributed by atoms with van der Waals surface area (Å²) < 4.78 is 1.44. The molecule has 1 aliphatic rings. The minimum atomic E-state index is -1.01. The number of amides is 2. The summed E-state index contributed by atoms with van der Waals surface area (Å²) in [5, 5.41) is 18.9. The van der Waals surface area contributed by atoms with Crippen LogP contribution in [0.15, 0.2) is 30.6 Å². The van der Waals surface area contributed by atoms with Gasteiger partial charge >= 0.3 is 5.97 Å². The van der Waals surface area contributed by atoms with Crippen LogP contribution < -0.4 is 10.6 Å². The van der Waals surface area contributed by atoms with E-state index in [1.807, 2.05) is 0 Å². The Hall–Kier alpha value is -3.16. The van der Waals surface area contributed by atoms with E-state index < -0.39 is 5.97 Å². The van der Waals surface area contributed by atoms with Gasteiger partial charge in [0.1, 0.15) is 6.54 Å². The molecule has 2 amide bonds. The van der Waals surface area contributed by atoms with Crippen LogP contribution >= 0.6 is 0 Å². The van der Waals surface area contributed by atoms with Gasteiger partial charge in [0.2, 0.25) is 5.91 Å². The first-order valence-corrected chi connectivity index (χ1v) is 9.39. The third kappa shape index (κ3) is 4.97. The normalized spacial score (nSPS) is 14.5. The summed E-state index contributed by atoms with van der Waals surface area (Å²) in [6.45, 7) is 1.73. The van der Waals surface area contributed by atoms with Gasteiger partial charge in [0.25, 0.3) is 5.91 Å². The SMILES string of the molecule is Cc1cc(NC(=O)c2cnn(CC(=O)NC3CCCCC3)c2)ccc1C(=O)O. The number of aromatic nitrogens is 2. The van der Waals surface area contributed by atoms with Gasteiger partial charge in [0.05, 0.1) is 17.3 Å². The molecule has 28 heavy (non-hydrogen) atoms. The summed E-state index contributed by atoms with van der Waals surface area (Å²) in [5.74, 6) is -1.49. The number of hydrogen-bond acceptors (Lipinski definition) is 4. The summed E-state index contributed by atoms with van der Waals surface area (Å²) in [5.41, 5.74) is 1.57. The molecule has 0 bridgehead atoms. The predicted octanol–water partition coefficient (Wildman–Crippen LogP) is 2.59. The average Bonchev–Trinajstić information content (AvgIpc) is 3.10. The number of anilines is 1. The molecular formula is C20H24N4O4. The zero-order chi connectivity index (χ0) is 20.1.